The maximum atomic E-state index is 6.31. The van der Waals surface area contributed by atoms with E-state index in [-0.39, 0.29) is 0 Å². The molecule has 6 nitrogen and oxygen atoms in total. The zero-order chi connectivity index (χ0) is 27.5. The van der Waals surface area contributed by atoms with Crippen molar-refractivity contribution >= 4 is 73.7 Å². The first-order valence-corrected chi connectivity index (χ1v) is 13.3. The van der Waals surface area contributed by atoms with Gasteiger partial charge in [0.15, 0.2) is 0 Å². The minimum Gasteiger partial charge on any atom is -0.457 e. The second kappa shape index (κ2) is 8.96. The summed E-state index contributed by atoms with van der Waals surface area (Å²) in [6, 6.07) is 28.1. The van der Waals surface area contributed by atoms with Crippen LogP contribution in [0.1, 0.15) is 12.5 Å². The van der Waals surface area contributed by atoms with E-state index < -0.39 is 0 Å². The van der Waals surface area contributed by atoms with Crippen molar-refractivity contribution in [3.05, 3.63) is 103 Å². The van der Waals surface area contributed by atoms with Crippen molar-refractivity contribution in [1.29, 1.82) is 0 Å². The van der Waals surface area contributed by atoms with Gasteiger partial charge in [0.25, 0.3) is 0 Å². The molecule has 4 aromatic heterocycles. The van der Waals surface area contributed by atoms with Crippen molar-refractivity contribution in [2.24, 2.45) is 4.99 Å². The highest BCUT2D eigenvalue weighted by Crippen LogP contribution is 2.39. The van der Waals surface area contributed by atoms with Gasteiger partial charge >= 0.3 is 0 Å². The van der Waals surface area contributed by atoms with Gasteiger partial charge in [-0.25, -0.2) is 9.98 Å². The van der Waals surface area contributed by atoms with Crippen molar-refractivity contribution < 1.29 is 18.0 Å². The first-order chi connectivity index (χ1) is 20.2. The van der Waals surface area contributed by atoms with Crippen LogP contribution in [0.25, 0.3) is 72.2 Å². The van der Waals surface area contributed by atoms with Crippen molar-refractivity contribution in [2.75, 3.05) is 0 Å². The highest BCUT2D eigenvalue weighted by molar-refractivity contribution is 6.08. The molecule has 0 bridgehead atoms. The molecule has 0 unspecified atom stereocenters. The van der Waals surface area contributed by atoms with Gasteiger partial charge in [-0.2, -0.15) is 0 Å². The van der Waals surface area contributed by atoms with Gasteiger partial charge in [0.1, 0.15) is 33.8 Å². The predicted octanol–water partition coefficient (Wildman–Crippen LogP) is 10.5. The van der Waals surface area contributed by atoms with Gasteiger partial charge in [-0.15, -0.1) is 0 Å². The lowest BCUT2D eigenvalue weighted by Crippen LogP contribution is -1.84. The summed E-state index contributed by atoms with van der Waals surface area (Å²) in [5.41, 5.74) is 6.87. The second-order valence-electron chi connectivity index (χ2n) is 9.88. The first kappa shape index (κ1) is 23.3. The quantitative estimate of drug-likeness (QED) is 0.205. The van der Waals surface area contributed by atoms with Crippen LogP contribution in [0.5, 0.6) is 11.5 Å². The lowest BCUT2D eigenvalue weighted by Gasteiger charge is -2.06. The van der Waals surface area contributed by atoms with Crippen LogP contribution in [-0.2, 0) is 0 Å². The monoisotopic (exact) mass is 534 g/mol. The molecule has 0 aliphatic heterocycles. The second-order valence-corrected chi connectivity index (χ2v) is 9.88. The molecule has 0 saturated carbocycles. The topological polar surface area (TPSA) is 73.9 Å². The third kappa shape index (κ3) is 3.72. The number of nitrogens with zero attached hydrogens (tertiary/aromatic N) is 2. The van der Waals surface area contributed by atoms with Crippen LogP contribution in [0.3, 0.4) is 0 Å². The number of allylic oxidation sites excluding steroid dienone is 1. The van der Waals surface area contributed by atoms with Gasteiger partial charge < -0.3 is 18.0 Å². The maximum Gasteiger partial charge on any atom is 0.227 e. The van der Waals surface area contributed by atoms with Crippen LogP contribution in [0.2, 0.25) is 0 Å². The fourth-order valence-corrected chi connectivity index (χ4v) is 5.52. The zero-order valence-electron chi connectivity index (χ0n) is 22.0. The molecule has 4 aromatic carbocycles. The van der Waals surface area contributed by atoms with Gasteiger partial charge in [-0.05, 0) is 97.6 Å². The van der Waals surface area contributed by atoms with E-state index in [9.17, 15) is 0 Å². The Bertz CT molecular complexity index is 2330. The van der Waals surface area contributed by atoms with Crippen molar-refractivity contribution in [1.82, 2.24) is 4.98 Å². The molecule has 6 heteroatoms. The van der Waals surface area contributed by atoms with Crippen LogP contribution in [0, 0.1) is 0 Å². The number of furan rings is 3. The van der Waals surface area contributed by atoms with Gasteiger partial charge in [0.05, 0.1) is 0 Å². The lowest BCUT2D eigenvalue weighted by atomic mass is 10.0. The smallest absolute Gasteiger partial charge is 0.227 e. The van der Waals surface area contributed by atoms with E-state index in [1.54, 1.807) is 6.20 Å². The molecule has 8 aromatic rings. The lowest BCUT2D eigenvalue weighted by molar-refractivity contribution is 0.483. The number of hydrogen-bond acceptors (Lipinski definition) is 6. The minimum absolute atomic E-state index is 0.495. The van der Waals surface area contributed by atoms with E-state index in [1.165, 1.54) is 0 Å². The summed E-state index contributed by atoms with van der Waals surface area (Å²) in [4.78, 5) is 8.38. The summed E-state index contributed by atoms with van der Waals surface area (Å²) in [5.74, 6) is 1.90. The van der Waals surface area contributed by atoms with Gasteiger partial charge in [0, 0.05) is 38.7 Å². The van der Waals surface area contributed by atoms with Crippen LogP contribution >= 0.6 is 0 Å². The summed E-state index contributed by atoms with van der Waals surface area (Å²) in [6.45, 7) is 5.59. The highest BCUT2D eigenvalue weighted by atomic mass is 16.5. The van der Waals surface area contributed by atoms with Gasteiger partial charge in [0.2, 0.25) is 11.6 Å². The number of ether oxygens (including phenoxy) is 1. The fraction of sp³-hybridized carbons (Fsp3) is 0.0286. The first-order valence-electron chi connectivity index (χ1n) is 13.3. The average molecular weight is 535 g/mol. The van der Waals surface area contributed by atoms with E-state index >= 15 is 0 Å². The molecule has 0 N–H and O–H groups in total. The fourth-order valence-electron chi connectivity index (χ4n) is 5.52. The highest BCUT2D eigenvalue weighted by Gasteiger charge is 2.15. The van der Waals surface area contributed by atoms with Crippen LogP contribution in [0.15, 0.2) is 115 Å². The molecule has 41 heavy (non-hydrogen) atoms. The number of aromatic nitrogens is 1. The molecule has 0 radical (unpaired) electrons. The number of fused-ring (bicyclic) bond motifs is 7. The molecule has 8 rings (SSSR count). The van der Waals surface area contributed by atoms with Crippen molar-refractivity contribution in [2.45, 2.75) is 6.92 Å². The van der Waals surface area contributed by atoms with Crippen molar-refractivity contribution in [3.63, 3.8) is 0 Å². The molecule has 0 aliphatic carbocycles. The summed E-state index contributed by atoms with van der Waals surface area (Å²) in [6.07, 6.45) is 5.66. The molecular weight excluding hydrogens is 512 g/mol. The Labute approximate surface area is 233 Å². The Morgan fingerprint density at radius 2 is 1.29 bits per heavy atom. The average Bonchev–Trinajstić information content (AvgIpc) is 3.67. The Kier molecular flexibility index (Phi) is 5.09. The zero-order valence-corrected chi connectivity index (χ0v) is 22.0. The normalized spacial score (nSPS) is 12.0. The molecule has 0 fully saturated rings. The molecule has 0 spiro atoms. The molecule has 4 heterocycles. The van der Waals surface area contributed by atoms with Gasteiger partial charge in [-0.3, -0.25) is 0 Å². The van der Waals surface area contributed by atoms with E-state index in [0.29, 0.717) is 23.1 Å². The number of rotatable bonds is 5. The molecule has 0 aliphatic rings. The Balaban J connectivity index is 1.19. The van der Waals surface area contributed by atoms with E-state index in [0.717, 1.165) is 66.0 Å². The number of hydrogen-bond donors (Lipinski definition) is 0. The Morgan fingerprint density at radius 1 is 0.683 bits per heavy atom. The number of pyridine rings is 1. The summed E-state index contributed by atoms with van der Waals surface area (Å²) < 4.78 is 24.2. The summed E-state index contributed by atoms with van der Waals surface area (Å²) >= 11 is 0. The molecule has 0 amide bonds. The third-order valence-corrected chi connectivity index (χ3v) is 7.41. The van der Waals surface area contributed by atoms with Crippen molar-refractivity contribution in [3.8, 4) is 22.6 Å². The molecule has 0 saturated heterocycles. The summed E-state index contributed by atoms with van der Waals surface area (Å²) in [7, 11) is 0. The van der Waals surface area contributed by atoms with Gasteiger partial charge in [-0.1, -0.05) is 24.3 Å². The predicted molar refractivity (Wildman–Crippen MR) is 164 cm³/mol. The molecule has 196 valence electrons. The Hall–Kier alpha value is -5.62. The van der Waals surface area contributed by atoms with Crippen LogP contribution < -0.4 is 4.74 Å². The molecule has 0 atom stereocenters. The summed E-state index contributed by atoms with van der Waals surface area (Å²) in [5, 5.41) is 4.96. The van der Waals surface area contributed by atoms with Crippen LogP contribution in [-0.4, -0.2) is 11.7 Å². The maximum absolute atomic E-state index is 6.31. The largest absolute Gasteiger partial charge is 0.457 e. The minimum atomic E-state index is 0.495. The number of benzene rings is 4. The van der Waals surface area contributed by atoms with E-state index in [4.69, 9.17) is 18.0 Å². The Morgan fingerprint density at radius 3 is 2.00 bits per heavy atom. The van der Waals surface area contributed by atoms with E-state index in [2.05, 4.69) is 41.0 Å². The molecular formula is C35H22N2O4. The number of aliphatic imine (C=N–C) groups is 1. The third-order valence-electron chi connectivity index (χ3n) is 7.41. The standard InChI is InChI=1S/C35H22N2O4/c1-3-5-24-28-18-22(10-14-33(28)40-34(24)36-2)38-23-9-13-31-29(19-23)27-17-21(7-11-30(27)39-31)20-8-12-32-26(16-20)25-6-4-15-37-35(25)41-32/h3-19H,2H2,1H3/b5-3-. The van der Waals surface area contributed by atoms with E-state index in [1.807, 2.05) is 79.7 Å². The SMILES string of the molecule is C=Nc1oc2ccc(Oc3ccc4oc5ccc(-c6ccc7oc8ncccc8c7c6)cc5c4c3)cc2c1/C=C\C. The van der Waals surface area contributed by atoms with Crippen LogP contribution in [0.4, 0.5) is 5.88 Å².